The summed E-state index contributed by atoms with van der Waals surface area (Å²) in [6.45, 7) is 2.26. The summed E-state index contributed by atoms with van der Waals surface area (Å²) in [6.07, 6.45) is 0.232. The van der Waals surface area contributed by atoms with Crippen LogP contribution in [0.4, 0.5) is 9.18 Å². The first-order chi connectivity index (χ1) is 11.6. The average molecular weight is 336 g/mol. The van der Waals surface area contributed by atoms with Gasteiger partial charge in [0.1, 0.15) is 12.8 Å². The van der Waals surface area contributed by atoms with E-state index in [0.29, 0.717) is 25.8 Å². The molecule has 0 radical (unpaired) electrons. The fourth-order valence-corrected chi connectivity index (χ4v) is 3.50. The predicted octanol–water partition coefficient (Wildman–Crippen LogP) is 2.19. The van der Waals surface area contributed by atoms with Gasteiger partial charge in [-0.15, -0.1) is 0 Å². The van der Waals surface area contributed by atoms with Gasteiger partial charge >= 0.3 is 6.09 Å². The molecule has 0 unspecified atom stereocenters. The number of aliphatic hydroxyl groups excluding tert-OH is 1. The lowest BCUT2D eigenvalue weighted by atomic mass is 9.98. The van der Waals surface area contributed by atoms with Crippen molar-refractivity contribution in [1.29, 1.82) is 0 Å². The van der Waals surface area contributed by atoms with Gasteiger partial charge in [0.05, 0.1) is 12.6 Å². The lowest BCUT2D eigenvalue weighted by Crippen LogP contribution is -2.55. The summed E-state index contributed by atoms with van der Waals surface area (Å²) in [5.74, 6) is 0. The zero-order valence-corrected chi connectivity index (χ0v) is 13.8. The zero-order chi connectivity index (χ0) is 16.9. The third kappa shape index (κ3) is 4.24. The van der Waals surface area contributed by atoms with Crippen molar-refractivity contribution in [2.75, 3.05) is 26.2 Å². The molecule has 0 saturated carbocycles. The molecule has 132 valence electrons. The highest BCUT2D eigenvalue weighted by molar-refractivity contribution is 5.67. The monoisotopic (exact) mass is 336 g/mol. The molecule has 2 aliphatic heterocycles. The van der Waals surface area contributed by atoms with Crippen molar-refractivity contribution in [2.24, 2.45) is 0 Å². The number of hydrogen-bond donors (Lipinski definition) is 1. The Morgan fingerprint density at radius 2 is 1.88 bits per heavy atom. The molecule has 2 atom stereocenters. The third-order valence-electron chi connectivity index (χ3n) is 4.94. The van der Waals surface area contributed by atoms with Crippen molar-refractivity contribution in [2.45, 2.75) is 44.2 Å². The number of hydrogen-bond acceptors (Lipinski definition) is 4. The van der Waals surface area contributed by atoms with Gasteiger partial charge in [0, 0.05) is 25.7 Å². The normalized spacial score (nSPS) is 26.3. The van der Waals surface area contributed by atoms with Crippen molar-refractivity contribution >= 4 is 6.09 Å². The number of ether oxygens (including phenoxy) is 1. The second-order valence-electron chi connectivity index (χ2n) is 6.63. The summed E-state index contributed by atoms with van der Waals surface area (Å²) in [5.41, 5.74) is 0.921. The highest BCUT2D eigenvalue weighted by atomic mass is 19.1. The summed E-state index contributed by atoms with van der Waals surface area (Å²) < 4.78 is 19.8. The van der Waals surface area contributed by atoms with E-state index < -0.39 is 12.3 Å². The molecule has 2 saturated heterocycles. The van der Waals surface area contributed by atoms with Crippen LogP contribution in [0.1, 0.15) is 24.8 Å². The zero-order valence-electron chi connectivity index (χ0n) is 13.8. The standard InChI is InChI=1S/C18H25FN2O3/c19-16-12-21(18(23)24-13-14-4-2-1-3-5-14)11-8-17(16)20-9-6-15(22)7-10-20/h1-5,15-17,22H,6-13H2/t16-,17+/m0/s1. The van der Waals surface area contributed by atoms with Crippen molar-refractivity contribution in [3.8, 4) is 0 Å². The van der Waals surface area contributed by atoms with E-state index in [1.54, 1.807) is 0 Å². The van der Waals surface area contributed by atoms with E-state index in [4.69, 9.17) is 4.74 Å². The molecule has 5 nitrogen and oxygen atoms in total. The van der Waals surface area contributed by atoms with E-state index in [0.717, 1.165) is 18.7 Å². The molecular formula is C18H25FN2O3. The first-order valence-electron chi connectivity index (χ1n) is 8.65. The van der Waals surface area contributed by atoms with Gasteiger partial charge < -0.3 is 14.7 Å². The Bertz CT molecular complexity index is 534. The number of carbonyl (C=O) groups is 1. The maximum absolute atomic E-state index is 14.5. The highest BCUT2D eigenvalue weighted by Gasteiger charge is 2.36. The molecule has 2 heterocycles. The highest BCUT2D eigenvalue weighted by Crippen LogP contribution is 2.24. The van der Waals surface area contributed by atoms with Gasteiger partial charge in [-0.05, 0) is 24.8 Å². The Morgan fingerprint density at radius 1 is 1.17 bits per heavy atom. The Labute approximate surface area is 142 Å². The molecule has 3 rings (SSSR count). The van der Waals surface area contributed by atoms with Crippen LogP contribution in [0.2, 0.25) is 0 Å². The lowest BCUT2D eigenvalue weighted by molar-refractivity contribution is -0.00285. The molecule has 0 aromatic heterocycles. The van der Waals surface area contributed by atoms with Crippen LogP contribution < -0.4 is 0 Å². The Hall–Kier alpha value is -1.66. The van der Waals surface area contributed by atoms with E-state index in [1.807, 2.05) is 30.3 Å². The second-order valence-corrected chi connectivity index (χ2v) is 6.63. The topological polar surface area (TPSA) is 53.0 Å². The van der Waals surface area contributed by atoms with Gasteiger partial charge in [-0.3, -0.25) is 4.90 Å². The summed E-state index contributed by atoms with van der Waals surface area (Å²) in [5, 5.41) is 9.57. The van der Waals surface area contributed by atoms with E-state index in [1.165, 1.54) is 4.90 Å². The van der Waals surface area contributed by atoms with E-state index in [-0.39, 0.29) is 25.3 Å². The van der Waals surface area contributed by atoms with Gasteiger partial charge in [0.15, 0.2) is 0 Å². The predicted molar refractivity (Wildman–Crippen MR) is 88.3 cm³/mol. The van der Waals surface area contributed by atoms with Gasteiger partial charge in [-0.1, -0.05) is 30.3 Å². The van der Waals surface area contributed by atoms with Crippen LogP contribution in [0.15, 0.2) is 30.3 Å². The number of rotatable bonds is 3. The van der Waals surface area contributed by atoms with Crippen molar-refractivity contribution in [3.63, 3.8) is 0 Å². The van der Waals surface area contributed by atoms with Gasteiger partial charge in [-0.25, -0.2) is 9.18 Å². The van der Waals surface area contributed by atoms with Gasteiger partial charge in [0.2, 0.25) is 0 Å². The van der Waals surface area contributed by atoms with Crippen LogP contribution in [-0.4, -0.2) is 65.5 Å². The maximum Gasteiger partial charge on any atom is 0.410 e. The number of aliphatic hydroxyl groups is 1. The van der Waals surface area contributed by atoms with E-state index >= 15 is 0 Å². The molecule has 0 aliphatic carbocycles. The van der Waals surface area contributed by atoms with Gasteiger partial charge in [0.25, 0.3) is 0 Å². The summed E-state index contributed by atoms with van der Waals surface area (Å²) in [7, 11) is 0. The molecule has 1 amide bonds. The number of benzene rings is 1. The minimum absolute atomic E-state index is 0.0807. The lowest BCUT2D eigenvalue weighted by Gasteiger charge is -2.42. The Balaban J connectivity index is 1.47. The number of piperidine rings is 2. The first-order valence-corrected chi connectivity index (χ1v) is 8.65. The molecule has 1 N–H and O–H groups in total. The number of nitrogens with zero attached hydrogens (tertiary/aromatic N) is 2. The summed E-state index contributed by atoms with van der Waals surface area (Å²) in [6, 6.07) is 9.31. The van der Waals surface area contributed by atoms with Crippen LogP contribution >= 0.6 is 0 Å². The summed E-state index contributed by atoms with van der Waals surface area (Å²) in [4.78, 5) is 15.7. The Morgan fingerprint density at radius 3 is 2.54 bits per heavy atom. The number of amides is 1. The van der Waals surface area contributed by atoms with Crippen molar-refractivity contribution in [1.82, 2.24) is 9.80 Å². The van der Waals surface area contributed by atoms with Crippen molar-refractivity contribution in [3.05, 3.63) is 35.9 Å². The minimum Gasteiger partial charge on any atom is -0.445 e. The number of likely N-dealkylation sites (tertiary alicyclic amines) is 2. The largest absolute Gasteiger partial charge is 0.445 e. The molecule has 24 heavy (non-hydrogen) atoms. The number of carbonyl (C=O) groups excluding carboxylic acids is 1. The number of alkyl halides is 1. The average Bonchev–Trinajstić information content (AvgIpc) is 2.61. The molecule has 1 aromatic rings. The minimum atomic E-state index is -1.07. The molecule has 6 heteroatoms. The molecule has 1 aromatic carbocycles. The smallest absolute Gasteiger partial charge is 0.410 e. The third-order valence-corrected chi connectivity index (χ3v) is 4.94. The van der Waals surface area contributed by atoms with E-state index in [9.17, 15) is 14.3 Å². The van der Waals surface area contributed by atoms with Gasteiger partial charge in [-0.2, -0.15) is 0 Å². The molecular weight excluding hydrogens is 311 g/mol. The van der Waals surface area contributed by atoms with Crippen LogP contribution in [0.3, 0.4) is 0 Å². The summed E-state index contributed by atoms with van der Waals surface area (Å²) >= 11 is 0. The first kappa shape index (κ1) is 17.2. The van der Waals surface area contributed by atoms with Crippen molar-refractivity contribution < 1.29 is 19.0 Å². The molecule has 0 bridgehead atoms. The quantitative estimate of drug-likeness (QED) is 0.919. The van der Waals surface area contributed by atoms with Crippen LogP contribution in [0, 0.1) is 0 Å². The molecule has 2 aliphatic rings. The van der Waals surface area contributed by atoms with Crippen LogP contribution in [-0.2, 0) is 11.3 Å². The SMILES string of the molecule is O=C(OCc1ccccc1)N1CC[C@@H](N2CCC(O)CC2)[C@@H](F)C1. The number of halogens is 1. The Kier molecular flexibility index (Phi) is 5.68. The maximum atomic E-state index is 14.5. The molecule has 2 fully saturated rings. The van der Waals surface area contributed by atoms with E-state index in [2.05, 4.69) is 4.90 Å². The van der Waals surface area contributed by atoms with Crippen LogP contribution in [0.25, 0.3) is 0 Å². The molecule has 0 spiro atoms. The van der Waals surface area contributed by atoms with Crippen LogP contribution in [0.5, 0.6) is 0 Å². The fourth-order valence-electron chi connectivity index (χ4n) is 3.50. The fraction of sp³-hybridized carbons (Fsp3) is 0.611. The second kappa shape index (κ2) is 7.94.